The Bertz CT molecular complexity index is 380. The van der Waals surface area contributed by atoms with Gasteiger partial charge in [-0.3, -0.25) is 0 Å². The highest BCUT2D eigenvalue weighted by Crippen LogP contribution is 2.37. The highest BCUT2D eigenvalue weighted by atomic mass is 16.5. The van der Waals surface area contributed by atoms with Gasteiger partial charge in [-0.2, -0.15) is 4.98 Å². The molecule has 0 spiro atoms. The summed E-state index contributed by atoms with van der Waals surface area (Å²) in [6.45, 7) is 2.94. The fraction of sp³-hybridized carbons (Fsp3) is 0.846. The summed E-state index contributed by atoms with van der Waals surface area (Å²) in [5, 5.41) is 4.01. The number of hydrogen-bond donors (Lipinski definition) is 1. The first-order valence-electron chi connectivity index (χ1n) is 6.80. The van der Waals surface area contributed by atoms with Crippen molar-refractivity contribution >= 4 is 0 Å². The van der Waals surface area contributed by atoms with E-state index in [2.05, 4.69) is 17.1 Å². The van der Waals surface area contributed by atoms with Gasteiger partial charge in [0.1, 0.15) is 0 Å². The Morgan fingerprint density at radius 2 is 2.06 bits per heavy atom. The number of rotatable bonds is 4. The van der Waals surface area contributed by atoms with E-state index in [1.54, 1.807) is 0 Å². The molecule has 1 aliphatic carbocycles. The minimum atomic E-state index is -0.400. The molecule has 5 nitrogen and oxygen atoms in total. The maximum atomic E-state index is 6.43. The molecule has 0 unspecified atom stereocenters. The molecule has 1 saturated carbocycles. The zero-order valence-corrected chi connectivity index (χ0v) is 11.6. The van der Waals surface area contributed by atoms with Crippen LogP contribution in [0.3, 0.4) is 0 Å². The Hall–Kier alpha value is -0.940. The lowest BCUT2D eigenvalue weighted by Gasteiger charge is -2.33. The summed E-state index contributed by atoms with van der Waals surface area (Å²) in [7, 11) is 3.97. The van der Waals surface area contributed by atoms with Gasteiger partial charge >= 0.3 is 0 Å². The van der Waals surface area contributed by atoms with Crippen LogP contribution in [0, 0.1) is 5.92 Å². The second kappa shape index (κ2) is 5.36. The van der Waals surface area contributed by atoms with E-state index in [1.165, 1.54) is 19.3 Å². The monoisotopic (exact) mass is 252 g/mol. The molecule has 0 bridgehead atoms. The standard InChI is InChI=1S/C13H24N4O/c1-4-10-5-7-13(14,8-6-10)12-15-11(16-18-12)9-17(2)3/h10H,4-9,14H2,1-3H3. The quantitative estimate of drug-likeness (QED) is 0.886. The third-order valence-corrected chi connectivity index (χ3v) is 3.93. The van der Waals surface area contributed by atoms with E-state index in [1.807, 2.05) is 19.0 Å². The molecule has 0 radical (unpaired) electrons. The Kier molecular flexibility index (Phi) is 4.02. The Labute approximate surface area is 109 Å². The highest BCUT2D eigenvalue weighted by Gasteiger charge is 2.37. The first-order valence-corrected chi connectivity index (χ1v) is 6.80. The predicted molar refractivity (Wildman–Crippen MR) is 69.8 cm³/mol. The molecular formula is C13H24N4O. The SMILES string of the molecule is CCC1CCC(N)(c2nc(CN(C)C)no2)CC1. The van der Waals surface area contributed by atoms with E-state index in [0.29, 0.717) is 12.4 Å². The van der Waals surface area contributed by atoms with Crippen LogP contribution in [0.5, 0.6) is 0 Å². The van der Waals surface area contributed by atoms with Crippen molar-refractivity contribution in [1.29, 1.82) is 0 Å². The van der Waals surface area contributed by atoms with Crippen LogP contribution >= 0.6 is 0 Å². The average molecular weight is 252 g/mol. The summed E-state index contributed by atoms with van der Waals surface area (Å²) in [6, 6.07) is 0. The van der Waals surface area contributed by atoms with Crippen molar-refractivity contribution in [2.45, 2.75) is 51.1 Å². The van der Waals surface area contributed by atoms with Gasteiger partial charge in [-0.1, -0.05) is 18.5 Å². The maximum Gasteiger partial charge on any atom is 0.246 e. The van der Waals surface area contributed by atoms with Crippen LogP contribution in [0.15, 0.2) is 4.52 Å². The fourth-order valence-electron chi connectivity index (χ4n) is 2.62. The largest absolute Gasteiger partial charge is 0.337 e. The van der Waals surface area contributed by atoms with Crippen LogP contribution in [-0.2, 0) is 12.1 Å². The van der Waals surface area contributed by atoms with E-state index in [-0.39, 0.29) is 0 Å². The number of aromatic nitrogens is 2. The van der Waals surface area contributed by atoms with Crippen LogP contribution in [0.1, 0.15) is 50.7 Å². The first-order chi connectivity index (χ1) is 8.53. The van der Waals surface area contributed by atoms with Gasteiger partial charge in [0.2, 0.25) is 5.89 Å². The third kappa shape index (κ3) is 2.90. The number of nitrogens with zero attached hydrogens (tertiary/aromatic N) is 3. The van der Waals surface area contributed by atoms with Crippen LogP contribution in [0.25, 0.3) is 0 Å². The van der Waals surface area contributed by atoms with Crippen molar-refractivity contribution < 1.29 is 4.52 Å². The molecule has 0 atom stereocenters. The van der Waals surface area contributed by atoms with Crippen molar-refractivity contribution in [1.82, 2.24) is 15.0 Å². The molecule has 18 heavy (non-hydrogen) atoms. The minimum Gasteiger partial charge on any atom is -0.337 e. The third-order valence-electron chi connectivity index (χ3n) is 3.93. The molecule has 0 aromatic carbocycles. The number of nitrogens with two attached hydrogens (primary N) is 1. The lowest BCUT2D eigenvalue weighted by Crippen LogP contribution is -2.40. The zero-order valence-electron chi connectivity index (χ0n) is 11.6. The second-order valence-electron chi connectivity index (χ2n) is 5.76. The van der Waals surface area contributed by atoms with Gasteiger partial charge in [-0.05, 0) is 45.7 Å². The lowest BCUT2D eigenvalue weighted by atomic mass is 9.76. The Balaban J connectivity index is 2.04. The number of hydrogen-bond acceptors (Lipinski definition) is 5. The van der Waals surface area contributed by atoms with E-state index in [4.69, 9.17) is 10.3 Å². The van der Waals surface area contributed by atoms with Crippen molar-refractivity contribution in [2.24, 2.45) is 11.7 Å². The molecule has 1 aromatic rings. The van der Waals surface area contributed by atoms with Gasteiger partial charge in [-0.25, -0.2) is 0 Å². The summed E-state index contributed by atoms with van der Waals surface area (Å²) in [5.74, 6) is 2.15. The molecule has 5 heteroatoms. The van der Waals surface area contributed by atoms with Crippen LogP contribution in [0.4, 0.5) is 0 Å². The van der Waals surface area contributed by atoms with E-state index in [9.17, 15) is 0 Å². The molecule has 2 N–H and O–H groups in total. The first kappa shape index (κ1) is 13.5. The Morgan fingerprint density at radius 3 is 2.61 bits per heavy atom. The highest BCUT2D eigenvalue weighted by molar-refractivity contribution is 5.04. The van der Waals surface area contributed by atoms with Gasteiger partial charge in [0, 0.05) is 0 Å². The molecule has 1 aromatic heterocycles. The lowest BCUT2D eigenvalue weighted by molar-refractivity contribution is 0.181. The van der Waals surface area contributed by atoms with Gasteiger partial charge in [0.25, 0.3) is 0 Å². The molecule has 0 amide bonds. The molecule has 102 valence electrons. The fourth-order valence-corrected chi connectivity index (χ4v) is 2.62. The summed E-state index contributed by atoms with van der Waals surface area (Å²) in [5.41, 5.74) is 6.03. The Morgan fingerprint density at radius 1 is 1.39 bits per heavy atom. The van der Waals surface area contributed by atoms with Crippen molar-refractivity contribution in [2.75, 3.05) is 14.1 Å². The van der Waals surface area contributed by atoms with E-state index < -0.39 is 5.54 Å². The summed E-state index contributed by atoms with van der Waals surface area (Å²) in [6.07, 6.45) is 5.48. The topological polar surface area (TPSA) is 68.2 Å². The normalized spacial score (nSPS) is 28.8. The summed E-state index contributed by atoms with van der Waals surface area (Å²) >= 11 is 0. The maximum absolute atomic E-state index is 6.43. The van der Waals surface area contributed by atoms with E-state index >= 15 is 0 Å². The van der Waals surface area contributed by atoms with Gasteiger partial charge in [-0.15, -0.1) is 0 Å². The van der Waals surface area contributed by atoms with Crippen LogP contribution in [-0.4, -0.2) is 29.1 Å². The summed E-state index contributed by atoms with van der Waals surface area (Å²) < 4.78 is 5.36. The molecule has 1 fully saturated rings. The predicted octanol–water partition coefficient (Wildman–Crippen LogP) is 1.89. The second-order valence-corrected chi connectivity index (χ2v) is 5.76. The zero-order chi connectivity index (χ0) is 13.2. The van der Waals surface area contributed by atoms with Crippen molar-refractivity contribution in [3.05, 3.63) is 11.7 Å². The summed E-state index contributed by atoms with van der Waals surface area (Å²) in [4.78, 5) is 6.47. The molecule has 1 heterocycles. The molecule has 0 aliphatic heterocycles. The van der Waals surface area contributed by atoms with Crippen molar-refractivity contribution in [3.8, 4) is 0 Å². The minimum absolute atomic E-state index is 0.400. The molecule has 0 saturated heterocycles. The molecule has 2 rings (SSSR count). The molecule has 1 aliphatic rings. The van der Waals surface area contributed by atoms with Crippen LogP contribution < -0.4 is 5.73 Å². The van der Waals surface area contributed by atoms with Gasteiger partial charge < -0.3 is 15.2 Å². The average Bonchev–Trinajstić information content (AvgIpc) is 2.78. The van der Waals surface area contributed by atoms with Crippen LogP contribution in [0.2, 0.25) is 0 Å². The van der Waals surface area contributed by atoms with Gasteiger partial charge in [0.05, 0.1) is 12.1 Å². The smallest absolute Gasteiger partial charge is 0.246 e. The van der Waals surface area contributed by atoms with Gasteiger partial charge in [0.15, 0.2) is 5.82 Å². The molecular weight excluding hydrogens is 228 g/mol. The van der Waals surface area contributed by atoms with Crippen molar-refractivity contribution in [3.63, 3.8) is 0 Å². The van der Waals surface area contributed by atoms with E-state index in [0.717, 1.165) is 24.6 Å².